The molecule has 0 radical (unpaired) electrons. The molecule has 1 aliphatic heterocycles. The molecule has 1 saturated heterocycles. The lowest BCUT2D eigenvalue weighted by molar-refractivity contribution is -0.125. The van der Waals surface area contributed by atoms with E-state index in [4.69, 9.17) is 5.73 Å². The minimum atomic E-state index is -0.0858. The standard InChI is InChI=1S/C16H25N3O/c1-13(11-17)16(20)18-15-7-9-19(10-8-15)12-14-5-3-2-4-6-14/h2-6,13,15H,7-12,17H2,1H3,(H,18,20). The first kappa shape index (κ1) is 15.0. The Morgan fingerprint density at radius 1 is 1.35 bits per heavy atom. The van der Waals surface area contributed by atoms with Gasteiger partial charge in [0.2, 0.25) is 5.91 Å². The minimum absolute atomic E-state index is 0.0858. The lowest BCUT2D eigenvalue weighted by atomic mass is 10.0. The Bertz CT molecular complexity index is 413. The largest absolute Gasteiger partial charge is 0.353 e. The summed E-state index contributed by atoms with van der Waals surface area (Å²) in [6.07, 6.45) is 2.05. The summed E-state index contributed by atoms with van der Waals surface area (Å²) in [4.78, 5) is 14.3. The molecule has 1 aliphatic rings. The van der Waals surface area contributed by atoms with Gasteiger partial charge in [0, 0.05) is 38.1 Å². The monoisotopic (exact) mass is 275 g/mol. The van der Waals surface area contributed by atoms with Crippen molar-refractivity contribution in [2.75, 3.05) is 19.6 Å². The number of nitrogens with zero attached hydrogens (tertiary/aromatic N) is 1. The van der Waals surface area contributed by atoms with Crippen LogP contribution >= 0.6 is 0 Å². The van der Waals surface area contributed by atoms with Gasteiger partial charge in [0.15, 0.2) is 0 Å². The molecule has 1 atom stereocenters. The molecular weight excluding hydrogens is 250 g/mol. The van der Waals surface area contributed by atoms with Crippen LogP contribution in [-0.2, 0) is 11.3 Å². The molecule has 4 nitrogen and oxygen atoms in total. The fourth-order valence-corrected chi connectivity index (χ4v) is 2.53. The van der Waals surface area contributed by atoms with E-state index in [2.05, 4.69) is 34.5 Å². The van der Waals surface area contributed by atoms with E-state index in [0.29, 0.717) is 12.6 Å². The second-order valence-electron chi connectivity index (χ2n) is 5.68. The number of piperidine rings is 1. The lowest BCUT2D eigenvalue weighted by Crippen LogP contribution is -2.46. The normalized spacial score (nSPS) is 18.7. The van der Waals surface area contributed by atoms with Crippen LogP contribution in [0.5, 0.6) is 0 Å². The molecule has 1 amide bonds. The quantitative estimate of drug-likeness (QED) is 0.853. The van der Waals surface area contributed by atoms with Crippen LogP contribution in [0, 0.1) is 5.92 Å². The number of hydrogen-bond donors (Lipinski definition) is 2. The summed E-state index contributed by atoms with van der Waals surface area (Å²) in [6.45, 7) is 5.37. The summed E-state index contributed by atoms with van der Waals surface area (Å²) in [5, 5.41) is 3.11. The summed E-state index contributed by atoms with van der Waals surface area (Å²) in [6, 6.07) is 10.8. The van der Waals surface area contributed by atoms with Crippen LogP contribution in [0.15, 0.2) is 30.3 Å². The van der Waals surface area contributed by atoms with Gasteiger partial charge in [-0.15, -0.1) is 0 Å². The molecule has 1 aromatic carbocycles. The van der Waals surface area contributed by atoms with Crippen molar-refractivity contribution >= 4 is 5.91 Å². The zero-order valence-electron chi connectivity index (χ0n) is 12.2. The molecule has 0 spiro atoms. The first-order valence-electron chi connectivity index (χ1n) is 7.45. The van der Waals surface area contributed by atoms with Gasteiger partial charge in [-0.25, -0.2) is 0 Å². The van der Waals surface area contributed by atoms with Gasteiger partial charge < -0.3 is 11.1 Å². The van der Waals surface area contributed by atoms with Crippen LogP contribution in [0.3, 0.4) is 0 Å². The third kappa shape index (κ3) is 4.32. The lowest BCUT2D eigenvalue weighted by Gasteiger charge is -2.32. The first-order chi connectivity index (χ1) is 9.69. The predicted octanol–water partition coefficient (Wildman–Crippen LogP) is 1.36. The molecule has 0 aliphatic carbocycles. The van der Waals surface area contributed by atoms with E-state index in [-0.39, 0.29) is 11.8 Å². The number of carbonyl (C=O) groups is 1. The van der Waals surface area contributed by atoms with E-state index in [1.807, 2.05) is 13.0 Å². The smallest absolute Gasteiger partial charge is 0.224 e. The van der Waals surface area contributed by atoms with E-state index in [0.717, 1.165) is 32.5 Å². The molecular formula is C16H25N3O. The van der Waals surface area contributed by atoms with Gasteiger partial charge >= 0.3 is 0 Å². The molecule has 1 unspecified atom stereocenters. The van der Waals surface area contributed by atoms with Gasteiger partial charge in [0.05, 0.1) is 0 Å². The number of hydrogen-bond acceptors (Lipinski definition) is 3. The van der Waals surface area contributed by atoms with Crippen molar-refractivity contribution in [2.24, 2.45) is 11.7 Å². The number of likely N-dealkylation sites (tertiary alicyclic amines) is 1. The Balaban J connectivity index is 1.74. The van der Waals surface area contributed by atoms with Gasteiger partial charge in [-0.05, 0) is 18.4 Å². The first-order valence-corrected chi connectivity index (χ1v) is 7.45. The highest BCUT2D eigenvalue weighted by molar-refractivity contribution is 5.78. The van der Waals surface area contributed by atoms with E-state index in [1.165, 1.54) is 5.56 Å². The number of rotatable bonds is 5. The fraction of sp³-hybridized carbons (Fsp3) is 0.562. The third-order valence-electron chi connectivity index (χ3n) is 3.98. The van der Waals surface area contributed by atoms with Crippen molar-refractivity contribution < 1.29 is 4.79 Å². The zero-order chi connectivity index (χ0) is 14.4. The second kappa shape index (κ2) is 7.41. The van der Waals surface area contributed by atoms with Crippen molar-refractivity contribution in [1.82, 2.24) is 10.2 Å². The number of nitrogens with two attached hydrogens (primary N) is 1. The fourth-order valence-electron chi connectivity index (χ4n) is 2.53. The van der Waals surface area contributed by atoms with Crippen LogP contribution in [-0.4, -0.2) is 36.5 Å². The Hall–Kier alpha value is -1.39. The number of amides is 1. The topological polar surface area (TPSA) is 58.4 Å². The predicted molar refractivity (Wildman–Crippen MR) is 81.1 cm³/mol. The van der Waals surface area contributed by atoms with Crippen LogP contribution < -0.4 is 11.1 Å². The maximum atomic E-state index is 11.8. The molecule has 0 aromatic heterocycles. The van der Waals surface area contributed by atoms with Gasteiger partial charge in [-0.3, -0.25) is 9.69 Å². The van der Waals surface area contributed by atoms with Crippen LogP contribution in [0.1, 0.15) is 25.3 Å². The van der Waals surface area contributed by atoms with E-state index < -0.39 is 0 Å². The van der Waals surface area contributed by atoms with Gasteiger partial charge in [-0.2, -0.15) is 0 Å². The van der Waals surface area contributed by atoms with E-state index in [1.54, 1.807) is 0 Å². The molecule has 0 bridgehead atoms. The summed E-state index contributed by atoms with van der Waals surface area (Å²) in [7, 11) is 0. The highest BCUT2D eigenvalue weighted by atomic mass is 16.1. The molecule has 1 heterocycles. The Morgan fingerprint density at radius 2 is 2.00 bits per heavy atom. The van der Waals surface area contributed by atoms with Crippen LogP contribution in [0.25, 0.3) is 0 Å². The van der Waals surface area contributed by atoms with E-state index >= 15 is 0 Å². The highest BCUT2D eigenvalue weighted by Crippen LogP contribution is 2.14. The molecule has 1 fully saturated rings. The molecule has 1 aromatic rings. The number of benzene rings is 1. The van der Waals surface area contributed by atoms with Gasteiger partial charge in [0.1, 0.15) is 0 Å². The second-order valence-corrected chi connectivity index (χ2v) is 5.68. The Morgan fingerprint density at radius 3 is 2.60 bits per heavy atom. The van der Waals surface area contributed by atoms with Crippen LogP contribution in [0.2, 0.25) is 0 Å². The van der Waals surface area contributed by atoms with Crippen molar-refractivity contribution in [2.45, 2.75) is 32.4 Å². The van der Waals surface area contributed by atoms with Crippen molar-refractivity contribution in [1.29, 1.82) is 0 Å². The zero-order valence-corrected chi connectivity index (χ0v) is 12.2. The molecule has 0 saturated carbocycles. The molecule has 20 heavy (non-hydrogen) atoms. The third-order valence-corrected chi connectivity index (χ3v) is 3.98. The number of carbonyl (C=O) groups excluding carboxylic acids is 1. The molecule has 2 rings (SSSR count). The average Bonchev–Trinajstić information content (AvgIpc) is 2.49. The number of nitrogens with one attached hydrogen (secondary N) is 1. The van der Waals surface area contributed by atoms with Crippen molar-refractivity contribution in [3.8, 4) is 0 Å². The molecule has 4 heteroatoms. The minimum Gasteiger partial charge on any atom is -0.353 e. The van der Waals surface area contributed by atoms with Gasteiger partial charge in [-0.1, -0.05) is 37.3 Å². The van der Waals surface area contributed by atoms with Gasteiger partial charge in [0.25, 0.3) is 0 Å². The maximum Gasteiger partial charge on any atom is 0.224 e. The average molecular weight is 275 g/mol. The maximum absolute atomic E-state index is 11.8. The van der Waals surface area contributed by atoms with Crippen LogP contribution in [0.4, 0.5) is 0 Å². The summed E-state index contributed by atoms with van der Waals surface area (Å²) in [5.74, 6) is 0.00589. The van der Waals surface area contributed by atoms with E-state index in [9.17, 15) is 4.79 Å². The summed E-state index contributed by atoms with van der Waals surface area (Å²) < 4.78 is 0. The summed E-state index contributed by atoms with van der Waals surface area (Å²) in [5.41, 5.74) is 6.87. The highest BCUT2D eigenvalue weighted by Gasteiger charge is 2.22. The van der Waals surface area contributed by atoms with Crippen molar-refractivity contribution in [3.05, 3.63) is 35.9 Å². The van der Waals surface area contributed by atoms with Crippen molar-refractivity contribution in [3.63, 3.8) is 0 Å². The summed E-state index contributed by atoms with van der Waals surface area (Å²) >= 11 is 0. The molecule has 3 N–H and O–H groups in total. The SMILES string of the molecule is CC(CN)C(=O)NC1CCN(Cc2ccccc2)CC1. The Labute approximate surface area is 121 Å². The Kier molecular flexibility index (Phi) is 5.56. The molecule has 110 valence electrons.